The van der Waals surface area contributed by atoms with E-state index in [1.165, 1.54) is 11.1 Å². The molecule has 3 rings (SSSR count). The molecule has 0 aromatic carbocycles. The van der Waals surface area contributed by atoms with Gasteiger partial charge in [-0.15, -0.1) is 12.4 Å². The minimum Gasteiger partial charge on any atom is -0.478 e. The van der Waals surface area contributed by atoms with Crippen molar-refractivity contribution in [1.29, 1.82) is 0 Å². The predicted molar refractivity (Wildman–Crippen MR) is 84.6 cm³/mol. The van der Waals surface area contributed by atoms with Gasteiger partial charge in [0.05, 0.1) is 17.6 Å². The van der Waals surface area contributed by atoms with Crippen molar-refractivity contribution in [3.8, 4) is 5.88 Å². The summed E-state index contributed by atoms with van der Waals surface area (Å²) in [5.41, 5.74) is 4.66. The van der Waals surface area contributed by atoms with Crippen LogP contribution < -0.4 is 10.1 Å². The molecule has 4 nitrogen and oxygen atoms in total. The van der Waals surface area contributed by atoms with Crippen LogP contribution in [0.2, 0.25) is 0 Å². The number of H-pyrrole nitrogens is 1. The van der Waals surface area contributed by atoms with Crippen molar-refractivity contribution in [2.75, 3.05) is 19.7 Å². The summed E-state index contributed by atoms with van der Waals surface area (Å²) in [5.74, 6) is 0.713. The first kappa shape index (κ1) is 14.9. The van der Waals surface area contributed by atoms with Gasteiger partial charge in [-0.25, -0.2) is 4.98 Å². The normalized spacial score (nSPS) is 14.8. The van der Waals surface area contributed by atoms with Gasteiger partial charge in [-0.2, -0.15) is 0 Å². The molecule has 0 radical (unpaired) electrons. The Morgan fingerprint density at radius 2 is 2.25 bits per heavy atom. The van der Waals surface area contributed by atoms with Crippen molar-refractivity contribution in [2.45, 2.75) is 19.8 Å². The van der Waals surface area contributed by atoms with Gasteiger partial charge in [-0.05, 0) is 31.0 Å². The summed E-state index contributed by atoms with van der Waals surface area (Å²) >= 11 is 0. The van der Waals surface area contributed by atoms with Crippen LogP contribution in [0.3, 0.4) is 0 Å². The van der Waals surface area contributed by atoms with E-state index in [-0.39, 0.29) is 12.4 Å². The number of ether oxygens (including phenoxy) is 1. The second kappa shape index (κ2) is 6.77. The lowest BCUT2D eigenvalue weighted by atomic mass is 10.0. The quantitative estimate of drug-likeness (QED) is 0.910. The zero-order valence-corrected chi connectivity index (χ0v) is 12.4. The van der Waals surface area contributed by atoms with Gasteiger partial charge in [0.25, 0.3) is 0 Å². The number of aromatic amines is 1. The zero-order valence-electron chi connectivity index (χ0n) is 11.6. The number of aromatic nitrogens is 2. The van der Waals surface area contributed by atoms with Crippen LogP contribution in [0, 0.1) is 0 Å². The molecule has 0 unspecified atom stereocenters. The summed E-state index contributed by atoms with van der Waals surface area (Å²) in [6.07, 6.45) is 6.34. The van der Waals surface area contributed by atoms with Crippen LogP contribution in [0.5, 0.6) is 5.88 Å². The van der Waals surface area contributed by atoms with Crippen LogP contribution in [0.4, 0.5) is 0 Å². The Hall–Kier alpha value is -1.52. The van der Waals surface area contributed by atoms with Crippen molar-refractivity contribution < 1.29 is 4.74 Å². The molecule has 0 bridgehead atoms. The Kier molecular flexibility index (Phi) is 5.04. The Labute approximate surface area is 125 Å². The van der Waals surface area contributed by atoms with Gasteiger partial charge >= 0.3 is 0 Å². The first-order valence-electron chi connectivity index (χ1n) is 6.89. The molecule has 1 aliphatic rings. The Bertz CT molecular complexity index is 606. The SMILES string of the molecule is CCCOc1ccc2[nH]cc(C3=CCNCC3)c2n1.Cl. The van der Waals surface area contributed by atoms with Gasteiger partial charge in [-0.3, -0.25) is 0 Å². The molecule has 2 aromatic rings. The lowest BCUT2D eigenvalue weighted by Crippen LogP contribution is -2.19. The maximum absolute atomic E-state index is 5.62. The fourth-order valence-corrected chi connectivity index (χ4v) is 2.38. The molecule has 20 heavy (non-hydrogen) atoms. The summed E-state index contributed by atoms with van der Waals surface area (Å²) in [6.45, 7) is 4.78. The van der Waals surface area contributed by atoms with E-state index in [0.29, 0.717) is 12.5 Å². The van der Waals surface area contributed by atoms with E-state index in [1.54, 1.807) is 0 Å². The fraction of sp³-hybridized carbons (Fsp3) is 0.400. The van der Waals surface area contributed by atoms with Gasteiger partial charge in [0, 0.05) is 24.4 Å². The van der Waals surface area contributed by atoms with E-state index in [4.69, 9.17) is 4.74 Å². The molecular formula is C15H20ClN3O. The van der Waals surface area contributed by atoms with E-state index in [2.05, 4.69) is 34.5 Å². The Morgan fingerprint density at radius 3 is 3.00 bits per heavy atom. The second-order valence-electron chi connectivity index (χ2n) is 4.78. The average Bonchev–Trinajstić information content (AvgIpc) is 2.89. The molecule has 0 amide bonds. The second-order valence-corrected chi connectivity index (χ2v) is 4.78. The van der Waals surface area contributed by atoms with Crippen LogP contribution in [0.25, 0.3) is 16.6 Å². The fourth-order valence-electron chi connectivity index (χ4n) is 2.38. The third-order valence-corrected chi connectivity index (χ3v) is 3.36. The summed E-state index contributed by atoms with van der Waals surface area (Å²) in [4.78, 5) is 7.92. The number of nitrogens with zero attached hydrogens (tertiary/aromatic N) is 1. The molecule has 0 saturated heterocycles. The minimum absolute atomic E-state index is 0. The molecule has 3 heterocycles. The molecule has 0 spiro atoms. The highest BCUT2D eigenvalue weighted by Crippen LogP contribution is 2.28. The van der Waals surface area contributed by atoms with Gasteiger partial charge < -0.3 is 15.0 Å². The first-order chi connectivity index (χ1) is 9.38. The molecule has 2 N–H and O–H groups in total. The zero-order chi connectivity index (χ0) is 13.1. The predicted octanol–water partition coefficient (Wildman–Crippen LogP) is 3.15. The molecule has 0 fully saturated rings. The molecule has 108 valence electrons. The summed E-state index contributed by atoms with van der Waals surface area (Å²) in [7, 11) is 0. The van der Waals surface area contributed by atoms with E-state index < -0.39 is 0 Å². The molecule has 5 heteroatoms. The van der Waals surface area contributed by atoms with Gasteiger partial charge in [0.2, 0.25) is 5.88 Å². The number of fused-ring (bicyclic) bond motifs is 1. The third-order valence-electron chi connectivity index (χ3n) is 3.36. The number of hydrogen-bond acceptors (Lipinski definition) is 3. The smallest absolute Gasteiger partial charge is 0.213 e. The lowest BCUT2D eigenvalue weighted by molar-refractivity contribution is 0.306. The van der Waals surface area contributed by atoms with Crippen LogP contribution in [-0.2, 0) is 0 Å². The van der Waals surface area contributed by atoms with Gasteiger partial charge in [0.1, 0.15) is 0 Å². The summed E-state index contributed by atoms with van der Waals surface area (Å²) in [5, 5.41) is 3.33. The van der Waals surface area contributed by atoms with E-state index in [9.17, 15) is 0 Å². The van der Waals surface area contributed by atoms with E-state index >= 15 is 0 Å². The largest absolute Gasteiger partial charge is 0.478 e. The molecule has 0 atom stereocenters. The van der Waals surface area contributed by atoms with E-state index in [1.807, 2.05) is 12.1 Å². The summed E-state index contributed by atoms with van der Waals surface area (Å²) < 4.78 is 5.62. The van der Waals surface area contributed by atoms with Crippen molar-refractivity contribution in [2.24, 2.45) is 0 Å². The van der Waals surface area contributed by atoms with Crippen LogP contribution in [0.15, 0.2) is 24.4 Å². The van der Waals surface area contributed by atoms with E-state index in [0.717, 1.165) is 37.0 Å². The minimum atomic E-state index is 0. The number of pyridine rings is 1. The Morgan fingerprint density at radius 1 is 1.35 bits per heavy atom. The number of halogens is 1. The van der Waals surface area contributed by atoms with Gasteiger partial charge in [0.15, 0.2) is 0 Å². The number of rotatable bonds is 4. The van der Waals surface area contributed by atoms with Gasteiger partial charge in [-0.1, -0.05) is 13.0 Å². The topological polar surface area (TPSA) is 49.9 Å². The van der Waals surface area contributed by atoms with Crippen molar-refractivity contribution in [3.05, 3.63) is 30.0 Å². The highest BCUT2D eigenvalue weighted by molar-refractivity contribution is 5.90. The van der Waals surface area contributed by atoms with Crippen LogP contribution >= 0.6 is 12.4 Å². The average molecular weight is 294 g/mol. The monoisotopic (exact) mass is 293 g/mol. The highest BCUT2D eigenvalue weighted by Gasteiger charge is 2.12. The lowest BCUT2D eigenvalue weighted by Gasteiger charge is -2.13. The summed E-state index contributed by atoms with van der Waals surface area (Å²) in [6, 6.07) is 3.97. The number of hydrogen-bond donors (Lipinski definition) is 2. The maximum atomic E-state index is 5.62. The number of nitrogens with one attached hydrogen (secondary N) is 2. The van der Waals surface area contributed by atoms with Crippen molar-refractivity contribution in [3.63, 3.8) is 0 Å². The highest BCUT2D eigenvalue weighted by atomic mass is 35.5. The van der Waals surface area contributed by atoms with Crippen molar-refractivity contribution >= 4 is 29.0 Å². The maximum Gasteiger partial charge on any atom is 0.213 e. The molecule has 1 aliphatic heterocycles. The first-order valence-corrected chi connectivity index (χ1v) is 6.89. The molecule has 0 aliphatic carbocycles. The van der Waals surface area contributed by atoms with Crippen molar-refractivity contribution in [1.82, 2.24) is 15.3 Å². The molecule has 0 saturated carbocycles. The standard InChI is InChI=1S/C15H19N3O.ClH/c1-2-9-19-14-4-3-13-15(18-14)12(10-17-13)11-5-7-16-8-6-11;/h3-5,10,16-17H,2,6-9H2,1H3;1H. The third kappa shape index (κ3) is 2.97. The van der Waals surface area contributed by atoms with Crippen LogP contribution in [-0.4, -0.2) is 29.7 Å². The Balaban J connectivity index is 0.00000147. The van der Waals surface area contributed by atoms with Crippen LogP contribution in [0.1, 0.15) is 25.3 Å². The molecule has 2 aromatic heterocycles. The molecular weight excluding hydrogens is 274 g/mol.